The van der Waals surface area contributed by atoms with Gasteiger partial charge in [-0.3, -0.25) is 9.69 Å². The van der Waals surface area contributed by atoms with Crippen LogP contribution in [-0.2, 0) is 16.1 Å². The standard InChI is InChI=1S/C19H30N4O2S/c24-18(21-16-4-5-16)6-3-15-2-1-7-22(13-15)14-17-12-20-19(26-17)23-8-10-25-11-9-23/h12,15-16H,1-11,13-14H2,(H,21,24)/t15-/m0/s1. The minimum atomic E-state index is 0.252. The highest BCUT2D eigenvalue weighted by Crippen LogP contribution is 2.27. The smallest absolute Gasteiger partial charge is 0.220 e. The van der Waals surface area contributed by atoms with Gasteiger partial charge in [0.1, 0.15) is 0 Å². The number of morpholine rings is 1. The SMILES string of the molecule is O=C(CC[C@@H]1CCCN(Cc2cnc(N3CCOCC3)s2)C1)NC1CC1. The number of thiazole rings is 1. The van der Waals surface area contributed by atoms with E-state index < -0.39 is 0 Å². The molecule has 3 heterocycles. The van der Waals surface area contributed by atoms with E-state index in [0.29, 0.717) is 18.4 Å². The maximum Gasteiger partial charge on any atom is 0.220 e. The molecule has 0 radical (unpaired) electrons. The molecule has 1 atom stereocenters. The van der Waals surface area contributed by atoms with E-state index in [0.717, 1.165) is 57.5 Å². The number of carbonyl (C=O) groups excluding carboxylic acids is 1. The Kier molecular flexibility index (Phi) is 6.07. The number of rotatable bonds is 7. The van der Waals surface area contributed by atoms with E-state index in [2.05, 4.69) is 20.1 Å². The van der Waals surface area contributed by atoms with Crippen LogP contribution in [0.2, 0.25) is 0 Å². The molecule has 6 nitrogen and oxygen atoms in total. The van der Waals surface area contributed by atoms with Crippen LogP contribution in [0.4, 0.5) is 5.13 Å². The topological polar surface area (TPSA) is 57.7 Å². The molecular formula is C19H30N4O2S. The third kappa shape index (κ3) is 5.18. The van der Waals surface area contributed by atoms with Gasteiger partial charge in [-0.2, -0.15) is 0 Å². The Balaban J connectivity index is 1.22. The number of hydrogen-bond acceptors (Lipinski definition) is 6. The Morgan fingerprint density at radius 1 is 1.27 bits per heavy atom. The van der Waals surface area contributed by atoms with Crippen molar-refractivity contribution in [1.82, 2.24) is 15.2 Å². The number of nitrogens with zero attached hydrogens (tertiary/aromatic N) is 3. The number of piperidine rings is 1. The Morgan fingerprint density at radius 3 is 2.92 bits per heavy atom. The number of amides is 1. The molecule has 1 amide bonds. The molecule has 1 N–H and O–H groups in total. The van der Waals surface area contributed by atoms with Crippen LogP contribution in [0.5, 0.6) is 0 Å². The van der Waals surface area contributed by atoms with E-state index in [1.807, 2.05) is 17.5 Å². The summed E-state index contributed by atoms with van der Waals surface area (Å²) in [6.45, 7) is 6.77. The van der Waals surface area contributed by atoms with Gasteiger partial charge < -0.3 is 15.0 Å². The van der Waals surface area contributed by atoms with E-state index in [-0.39, 0.29) is 5.91 Å². The van der Waals surface area contributed by atoms with Crippen molar-refractivity contribution < 1.29 is 9.53 Å². The summed E-state index contributed by atoms with van der Waals surface area (Å²) in [7, 11) is 0. The predicted octanol–water partition coefficient (Wildman–Crippen LogP) is 2.25. The van der Waals surface area contributed by atoms with Crippen LogP contribution in [0.25, 0.3) is 0 Å². The van der Waals surface area contributed by atoms with Gasteiger partial charge in [-0.05, 0) is 44.6 Å². The third-order valence-corrected chi connectivity index (χ3v) is 6.57. The molecule has 1 saturated carbocycles. The van der Waals surface area contributed by atoms with Gasteiger partial charge in [0.25, 0.3) is 0 Å². The van der Waals surface area contributed by atoms with Crippen LogP contribution >= 0.6 is 11.3 Å². The van der Waals surface area contributed by atoms with Crippen molar-refractivity contribution in [1.29, 1.82) is 0 Å². The van der Waals surface area contributed by atoms with Crippen LogP contribution in [0, 0.1) is 5.92 Å². The average molecular weight is 379 g/mol. The van der Waals surface area contributed by atoms with E-state index in [1.54, 1.807) is 0 Å². The average Bonchev–Trinajstić information content (AvgIpc) is 3.36. The molecule has 0 aromatic carbocycles. The number of carbonyl (C=O) groups is 1. The lowest BCUT2D eigenvalue weighted by Gasteiger charge is -2.32. The van der Waals surface area contributed by atoms with Crippen molar-refractivity contribution >= 4 is 22.4 Å². The van der Waals surface area contributed by atoms with Crippen LogP contribution in [0.1, 0.15) is 43.4 Å². The Labute approximate surface area is 159 Å². The molecule has 3 fully saturated rings. The van der Waals surface area contributed by atoms with Crippen LogP contribution in [0.3, 0.4) is 0 Å². The molecule has 1 aromatic rings. The maximum absolute atomic E-state index is 11.9. The fraction of sp³-hybridized carbons (Fsp3) is 0.789. The largest absolute Gasteiger partial charge is 0.378 e. The van der Waals surface area contributed by atoms with Gasteiger partial charge in [-0.25, -0.2) is 4.98 Å². The van der Waals surface area contributed by atoms with Crippen molar-refractivity contribution in [3.05, 3.63) is 11.1 Å². The number of hydrogen-bond donors (Lipinski definition) is 1. The number of nitrogens with one attached hydrogen (secondary N) is 1. The molecule has 0 unspecified atom stereocenters. The summed E-state index contributed by atoms with van der Waals surface area (Å²) in [6.07, 6.45) is 8.60. The van der Waals surface area contributed by atoms with E-state index in [1.165, 1.54) is 30.6 Å². The Hall–Kier alpha value is -1.18. The normalized spacial score (nSPS) is 24.6. The molecule has 1 aromatic heterocycles. The minimum absolute atomic E-state index is 0.252. The minimum Gasteiger partial charge on any atom is -0.378 e. The first kappa shape index (κ1) is 18.2. The van der Waals surface area contributed by atoms with Crippen molar-refractivity contribution in [2.45, 2.75) is 51.1 Å². The van der Waals surface area contributed by atoms with Crippen molar-refractivity contribution in [2.75, 3.05) is 44.3 Å². The van der Waals surface area contributed by atoms with Gasteiger partial charge in [-0.15, -0.1) is 11.3 Å². The summed E-state index contributed by atoms with van der Waals surface area (Å²) in [4.78, 5) is 22.8. The summed E-state index contributed by atoms with van der Waals surface area (Å²) in [6, 6.07) is 0.484. The highest BCUT2D eigenvalue weighted by molar-refractivity contribution is 7.15. The van der Waals surface area contributed by atoms with E-state index in [4.69, 9.17) is 4.74 Å². The lowest BCUT2D eigenvalue weighted by molar-refractivity contribution is -0.121. The van der Waals surface area contributed by atoms with Crippen LogP contribution in [-0.4, -0.2) is 61.2 Å². The molecule has 4 rings (SSSR count). The van der Waals surface area contributed by atoms with Gasteiger partial charge in [0, 0.05) is 49.7 Å². The fourth-order valence-electron chi connectivity index (χ4n) is 3.88. The zero-order valence-electron chi connectivity index (χ0n) is 15.5. The zero-order valence-corrected chi connectivity index (χ0v) is 16.3. The van der Waals surface area contributed by atoms with Gasteiger partial charge in [0.2, 0.25) is 5.91 Å². The molecule has 2 aliphatic heterocycles. The second-order valence-corrected chi connectivity index (χ2v) is 8.93. The van der Waals surface area contributed by atoms with Crippen molar-refractivity contribution in [3.8, 4) is 0 Å². The predicted molar refractivity (Wildman–Crippen MR) is 104 cm³/mol. The number of aromatic nitrogens is 1. The van der Waals surface area contributed by atoms with Crippen molar-refractivity contribution in [3.63, 3.8) is 0 Å². The second kappa shape index (κ2) is 8.67. The quantitative estimate of drug-likeness (QED) is 0.789. The second-order valence-electron chi connectivity index (χ2n) is 7.83. The molecule has 0 bridgehead atoms. The van der Waals surface area contributed by atoms with E-state index in [9.17, 15) is 4.79 Å². The molecule has 1 aliphatic carbocycles. The van der Waals surface area contributed by atoms with Crippen molar-refractivity contribution in [2.24, 2.45) is 5.92 Å². The monoisotopic (exact) mass is 378 g/mol. The number of anilines is 1. The van der Waals surface area contributed by atoms with Gasteiger partial charge in [0.15, 0.2) is 5.13 Å². The first-order valence-electron chi connectivity index (χ1n) is 10.1. The number of likely N-dealkylation sites (tertiary alicyclic amines) is 1. The van der Waals surface area contributed by atoms with E-state index >= 15 is 0 Å². The summed E-state index contributed by atoms with van der Waals surface area (Å²) in [5, 5.41) is 4.24. The summed E-state index contributed by atoms with van der Waals surface area (Å²) in [5.74, 6) is 0.905. The molecule has 3 aliphatic rings. The molecule has 26 heavy (non-hydrogen) atoms. The number of ether oxygens (including phenoxy) is 1. The zero-order chi connectivity index (χ0) is 17.8. The summed E-state index contributed by atoms with van der Waals surface area (Å²) >= 11 is 1.82. The van der Waals surface area contributed by atoms with Crippen LogP contribution in [0.15, 0.2) is 6.20 Å². The van der Waals surface area contributed by atoms with Gasteiger partial charge >= 0.3 is 0 Å². The lowest BCUT2D eigenvalue weighted by atomic mass is 9.93. The van der Waals surface area contributed by atoms with Gasteiger partial charge in [-0.1, -0.05) is 0 Å². The lowest BCUT2D eigenvalue weighted by Crippen LogP contribution is -2.36. The first-order valence-corrected chi connectivity index (χ1v) is 10.9. The fourth-order valence-corrected chi connectivity index (χ4v) is 4.89. The summed E-state index contributed by atoms with van der Waals surface area (Å²) < 4.78 is 5.42. The molecule has 0 spiro atoms. The van der Waals surface area contributed by atoms with Gasteiger partial charge in [0.05, 0.1) is 13.2 Å². The molecule has 7 heteroatoms. The van der Waals surface area contributed by atoms with Crippen LogP contribution < -0.4 is 10.2 Å². The maximum atomic E-state index is 11.9. The highest BCUT2D eigenvalue weighted by Gasteiger charge is 2.25. The highest BCUT2D eigenvalue weighted by atomic mass is 32.1. The third-order valence-electron chi connectivity index (χ3n) is 5.53. The first-order chi connectivity index (χ1) is 12.8. The Morgan fingerprint density at radius 2 is 2.12 bits per heavy atom. The molecular weight excluding hydrogens is 348 g/mol. The molecule has 144 valence electrons. The Bertz CT molecular complexity index is 598. The molecule has 2 saturated heterocycles. The summed E-state index contributed by atoms with van der Waals surface area (Å²) in [5.41, 5.74) is 0.